The van der Waals surface area contributed by atoms with E-state index in [0.29, 0.717) is 0 Å². The van der Waals surface area contributed by atoms with Crippen LogP contribution in [0, 0.1) is 0 Å². The molecule has 0 bridgehead atoms. The average Bonchev–Trinajstić information content (AvgIpc) is 2.48. The molecule has 1 aromatic rings. The van der Waals surface area contributed by atoms with Gasteiger partial charge < -0.3 is 5.11 Å². The molecular formula is C10H17NOS. The van der Waals surface area contributed by atoms with Crippen LogP contribution in [0.2, 0.25) is 0 Å². The number of hydrogen-bond donors (Lipinski definition) is 1. The quantitative estimate of drug-likeness (QED) is 0.808. The topological polar surface area (TPSA) is 33.1 Å². The molecule has 0 aliphatic rings. The first-order valence-corrected chi connectivity index (χ1v) is 5.67. The zero-order valence-electron chi connectivity index (χ0n) is 8.50. The maximum atomic E-state index is 9.37. The molecule has 0 amide bonds. The first kappa shape index (κ1) is 10.7. The molecule has 1 aromatic heterocycles. The summed E-state index contributed by atoms with van der Waals surface area (Å²) in [7, 11) is 0. The van der Waals surface area contributed by atoms with Crippen LogP contribution < -0.4 is 0 Å². The molecule has 0 radical (unpaired) electrons. The van der Waals surface area contributed by atoms with Crippen LogP contribution in [0.3, 0.4) is 0 Å². The van der Waals surface area contributed by atoms with Gasteiger partial charge in [-0.25, -0.2) is 4.98 Å². The van der Waals surface area contributed by atoms with Crippen LogP contribution >= 0.6 is 11.3 Å². The van der Waals surface area contributed by atoms with Gasteiger partial charge in [-0.05, 0) is 19.8 Å². The van der Waals surface area contributed by atoms with Crippen LogP contribution in [0.4, 0.5) is 0 Å². The first-order valence-electron chi connectivity index (χ1n) is 4.85. The number of rotatable bonds is 4. The molecule has 0 aromatic carbocycles. The molecule has 1 N–H and O–H groups in total. The Hall–Kier alpha value is -0.410. The third-order valence-corrected chi connectivity index (χ3v) is 3.37. The van der Waals surface area contributed by atoms with E-state index in [1.54, 1.807) is 18.3 Å². The van der Waals surface area contributed by atoms with E-state index < -0.39 is 6.10 Å². The Morgan fingerprint density at radius 3 is 2.62 bits per heavy atom. The molecule has 74 valence electrons. The summed E-state index contributed by atoms with van der Waals surface area (Å²) in [6, 6.07) is 0. The highest BCUT2D eigenvalue weighted by atomic mass is 32.1. The van der Waals surface area contributed by atoms with E-state index in [2.05, 4.69) is 18.8 Å². The van der Waals surface area contributed by atoms with Crippen LogP contribution in [0.25, 0.3) is 0 Å². The van der Waals surface area contributed by atoms with Crippen molar-refractivity contribution in [2.45, 2.75) is 46.1 Å². The van der Waals surface area contributed by atoms with Gasteiger partial charge in [-0.2, -0.15) is 0 Å². The van der Waals surface area contributed by atoms with Crippen LogP contribution in [-0.4, -0.2) is 10.1 Å². The van der Waals surface area contributed by atoms with Crippen molar-refractivity contribution in [2.75, 3.05) is 0 Å². The van der Waals surface area contributed by atoms with Crippen LogP contribution in [0.5, 0.6) is 0 Å². The van der Waals surface area contributed by atoms with Gasteiger partial charge in [0.2, 0.25) is 0 Å². The minimum Gasteiger partial charge on any atom is -0.386 e. The largest absolute Gasteiger partial charge is 0.386 e. The summed E-state index contributed by atoms with van der Waals surface area (Å²) in [6.45, 7) is 6.06. The Balaban J connectivity index is 2.90. The molecule has 1 atom stereocenters. The first-order chi connectivity index (χ1) is 6.19. The van der Waals surface area contributed by atoms with Crippen molar-refractivity contribution < 1.29 is 5.11 Å². The highest BCUT2D eigenvalue weighted by Gasteiger charge is 2.11. The van der Waals surface area contributed by atoms with Crippen molar-refractivity contribution in [2.24, 2.45) is 0 Å². The summed E-state index contributed by atoms with van der Waals surface area (Å²) in [4.78, 5) is 5.77. The lowest BCUT2D eigenvalue weighted by Crippen LogP contribution is -1.92. The van der Waals surface area contributed by atoms with Gasteiger partial charge in [0, 0.05) is 4.88 Å². The molecule has 2 nitrogen and oxygen atoms in total. The van der Waals surface area contributed by atoms with Crippen LogP contribution in [0.1, 0.15) is 48.9 Å². The summed E-state index contributed by atoms with van der Waals surface area (Å²) < 4.78 is 0. The average molecular weight is 199 g/mol. The molecule has 1 rings (SSSR count). The summed E-state index contributed by atoms with van der Waals surface area (Å²) in [5.74, 6) is 0. The van der Waals surface area contributed by atoms with Gasteiger partial charge >= 0.3 is 0 Å². The molecular weight excluding hydrogens is 182 g/mol. The van der Waals surface area contributed by atoms with E-state index in [0.717, 1.165) is 24.3 Å². The molecule has 0 aliphatic heterocycles. The van der Waals surface area contributed by atoms with Crippen molar-refractivity contribution >= 4 is 11.3 Å². The lowest BCUT2D eigenvalue weighted by molar-refractivity contribution is 0.198. The van der Waals surface area contributed by atoms with Crippen molar-refractivity contribution in [3.8, 4) is 0 Å². The number of nitrogens with zero attached hydrogens (tertiary/aromatic N) is 1. The van der Waals surface area contributed by atoms with E-state index in [4.69, 9.17) is 0 Å². The van der Waals surface area contributed by atoms with Gasteiger partial charge in [-0.1, -0.05) is 20.3 Å². The molecule has 0 saturated carbocycles. The van der Waals surface area contributed by atoms with E-state index >= 15 is 0 Å². The van der Waals surface area contributed by atoms with Crippen molar-refractivity contribution in [1.82, 2.24) is 4.98 Å². The standard InChI is InChI=1S/C10H17NOS/c1-4-6-8-9(5-2)13-10(11-8)7(3)12/h7,12H,4-6H2,1-3H3. The van der Waals surface area contributed by atoms with Crippen LogP contribution in [-0.2, 0) is 12.8 Å². The SMILES string of the molecule is CCCc1nc(C(C)O)sc1CC. The zero-order chi connectivity index (χ0) is 9.84. The summed E-state index contributed by atoms with van der Waals surface area (Å²) in [5, 5.41) is 10.2. The van der Waals surface area contributed by atoms with Crippen LogP contribution in [0.15, 0.2) is 0 Å². The predicted molar refractivity (Wildman–Crippen MR) is 56.1 cm³/mol. The van der Waals surface area contributed by atoms with E-state index in [1.165, 1.54) is 10.6 Å². The van der Waals surface area contributed by atoms with Gasteiger partial charge in [0.1, 0.15) is 11.1 Å². The Morgan fingerprint density at radius 1 is 1.46 bits per heavy atom. The summed E-state index contributed by atoms with van der Waals surface area (Å²) in [6.07, 6.45) is 2.77. The summed E-state index contributed by atoms with van der Waals surface area (Å²) >= 11 is 1.65. The molecule has 0 fully saturated rings. The fourth-order valence-corrected chi connectivity index (χ4v) is 2.28. The molecule has 1 heterocycles. The normalized spacial score (nSPS) is 13.2. The van der Waals surface area contributed by atoms with Crippen molar-refractivity contribution in [3.63, 3.8) is 0 Å². The zero-order valence-corrected chi connectivity index (χ0v) is 9.32. The lowest BCUT2D eigenvalue weighted by atomic mass is 10.2. The van der Waals surface area contributed by atoms with Crippen molar-refractivity contribution in [1.29, 1.82) is 0 Å². The fourth-order valence-electron chi connectivity index (χ4n) is 1.29. The molecule has 0 aliphatic carbocycles. The van der Waals surface area contributed by atoms with Gasteiger partial charge in [0.05, 0.1) is 5.69 Å². The van der Waals surface area contributed by atoms with Gasteiger partial charge in [-0.3, -0.25) is 0 Å². The third kappa shape index (κ3) is 2.51. The second-order valence-corrected chi connectivity index (χ2v) is 4.32. The molecule has 0 saturated heterocycles. The smallest absolute Gasteiger partial charge is 0.121 e. The number of aliphatic hydroxyl groups is 1. The number of thiazole rings is 1. The molecule has 1 unspecified atom stereocenters. The number of aliphatic hydroxyl groups excluding tert-OH is 1. The van der Waals surface area contributed by atoms with E-state index in [9.17, 15) is 5.11 Å². The Morgan fingerprint density at radius 2 is 2.15 bits per heavy atom. The Labute approximate surface area is 83.6 Å². The monoisotopic (exact) mass is 199 g/mol. The minimum atomic E-state index is -0.416. The minimum absolute atomic E-state index is 0.416. The molecule has 0 spiro atoms. The Kier molecular flexibility index (Phi) is 3.88. The Bertz CT molecular complexity index is 268. The van der Waals surface area contributed by atoms with E-state index in [-0.39, 0.29) is 0 Å². The highest BCUT2D eigenvalue weighted by molar-refractivity contribution is 7.11. The van der Waals surface area contributed by atoms with E-state index in [1.807, 2.05) is 0 Å². The highest BCUT2D eigenvalue weighted by Crippen LogP contribution is 2.24. The molecule has 13 heavy (non-hydrogen) atoms. The van der Waals surface area contributed by atoms with Gasteiger partial charge in [-0.15, -0.1) is 11.3 Å². The van der Waals surface area contributed by atoms with Gasteiger partial charge in [0.25, 0.3) is 0 Å². The maximum Gasteiger partial charge on any atom is 0.121 e. The van der Waals surface area contributed by atoms with Gasteiger partial charge in [0.15, 0.2) is 0 Å². The number of aromatic nitrogens is 1. The second kappa shape index (κ2) is 4.72. The third-order valence-electron chi connectivity index (χ3n) is 1.96. The maximum absolute atomic E-state index is 9.37. The lowest BCUT2D eigenvalue weighted by Gasteiger charge is -1.95. The second-order valence-electron chi connectivity index (χ2n) is 3.20. The molecule has 3 heteroatoms. The predicted octanol–water partition coefficient (Wildman–Crippen LogP) is 2.71. The fraction of sp³-hybridized carbons (Fsp3) is 0.700. The number of aryl methyl sites for hydroxylation is 2. The number of hydrogen-bond acceptors (Lipinski definition) is 3. The summed E-state index contributed by atoms with van der Waals surface area (Å²) in [5.41, 5.74) is 1.19. The van der Waals surface area contributed by atoms with Crippen molar-refractivity contribution in [3.05, 3.63) is 15.6 Å².